The highest BCUT2D eigenvalue weighted by Crippen LogP contribution is 2.13. The average Bonchev–Trinajstić information content (AvgIpc) is 2.84. The van der Waals surface area contributed by atoms with Gasteiger partial charge in [-0.3, -0.25) is 0 Å². The molecule has 176 valence electrons. The first-order valence-corrected chi connectivity index (χ1v) is 13.6. The summed E-state index contributed by atoms with van der Waals surface area (Å²) < 4.78 is 2.32. The standard InChI is InChI=1S/C31H48N/c1-2-3-4-5-6-7-8-9-10-11-12-13-14-15-16-20-27-32-28-25-31(26-29-32)24-23-30-21-18-17-19-22-30/h17-19,21-26,28-29H,2-16,20,27H2,1H3/q+1. The van der Waals surface area contributed by atoms with E-state index in [9.17, 15) is 0 Å². The highest BCUT2D eigenvalue weighted by atomic mass is 14.9. The van der Waals surface area contributed by atoms with Crippen molar-refractivity contribution in [3.63, 3.8) is 0 Å². The van der Waals surface area contributed by atoms with Gasteiger partial charge in [0.25, 0.3) is 0 Å². The molecule has 1 nitrogen and oxygen atoms in total. The molecule has 0 aliphatic carbocycles. The predicted octanol–water partition coefficient (Wildman–Crippen LogP) is 9.41. The Bertz CT molecular complexity index is 686. The maximum atomic E-state index is 2.32. The van der Waals surface area contributed by atoms with Crippen molar-refractivity contribution in [3.05, 3.63) is 66.0 Å². The molecule has 32 heavy (non-hydrogen) atoms. The second kappa shape index (κ2) is 18.7. The van der Waals surface area contributed by atoms with Gasteiger partial charge in [-0.25, -0.2) is 4.57 Å². The highest BCUT2D eigenvalue weighted by Gasteiger charge is 2.00. The second-order valence-electron chi connectivity index (χ2n) is 9.42. The quantitative estimate of drug-likeness (QED) is 0.153. The maximum Gasteiger partial charge on any atom is 0.169 e. The Morgan fingerprint density at radius 1 is 0.500 bits per heavy atom. The first kappa shape index (κ1) is 26.4. The minimum absolute atomic E-state index is 1.14. The SMILES string of the molecule is CCCCCCCCCCCCCCCCCC[n+]1ccc(C=Cc2ccccc2)cc1. The maximum absolute atomic E-state index is 2.32. The van der Waals surface area contributed by atoms with Gasteiger partial charge in [-0.1, -0.05) is 139 Å². The molecule has 0 aliphatic rings. The summed E-state index contributed by atoms with van der Waals surface area (Å²) in [5.41, 5.74) is 2.51. The van der Waals surface area contributed by atoms with E-state index in [1.54, 1.807) is 0 Å². The van der Waals surface area contributed by atoms with Gasteiger partial charge in [0.1, 0.15) is 6.54 Å². The van der Waals surface area contributed by atoms with Gasteiger partial charge in [0, 0.05) is 18.6 Å². The molecule has 0 atom stereocenters. The van der Waals surface area contributed by atoms with E-state index in [1.165, 1.54) is 114 Å². The number of aromatic nitrogens is 1. The fourth-order valence-electron chi connectivity index (χ4n) is 4.33. The topological polar surface area (TPSA) is 3.88 Å². The third kappa shape index (κ3) is 13.5. The molecule has 2 rings (SSSR count). The minimum Gasteiger partial charge on any atom is -0.205 e. The fraction of sp³-hybridized carbons (Fsp3) is 0.581. The summed E-state index contributed by atoms with van der Waals surface area (Å²) in [6, 6.07) is 14.9. The van der Waals surface area contributed by atoms with E-state index in [4.69, 9.17) is 0 Å². The van der Waals surface area contributed by atoms with Crippen LogP contribution >= 0.6 is 0 Å². The number of rotatable bonds is 19. The summed E-state index contributed by atoms with van der Waals surface area (Å²) in [5, 5.41) is 0. The van der Waals surface area contributed by atoms with Gasteiger partial charge in [0.05, 0.1) is 0 Å². The van der Waals surface area contributed by atoms with E-state index in [-0.39, 0.29) is 0 Å². The van der Waals surface area contributed by atoms with Gasteiger partial charge in [0.2, 0.25) is 0 Å². The van der Waals surface area contributed by atoms with E-state index >= 15 is 0 Å². The van der Waals surface area contributed by atoms with Gasteiger partial charge in [-0.05, 0) is 17.5 Å². The Balaban J connectivity index is 1.39. The molecule has 2 aromatic rings. The molecule has 0 spiro atoms. The summed E-state index contributed by atoms with van der Waals surface area (Å²) in [6.07, 6.45) is 31.6. The van der Waals surface area contributed by atoms with Crippen LogP contribution in [-0.4, -0.2) is 0 Å². The van der Waals surface area contributed by atoms with E-state index < -0.39 is 0 Å². The van der Waals surface area contributed by atoms with Gasteiger partial charge in [-0.2, -0.15) is 0 Å². The second-order valence-corrected chi connectivity index (χ2v) is 9.42. The van der Waals surface area contributed by atoms with Crippen LogP contribution in [-0.2, 0) is 6.54 Å². The first-order valence-electron chi connectivity index (χ1n) is 13.6. The van der Waals surface area contributed by atoms with Crippen molar-refractivity contribution in [2.24, 2.45) is 0 Å². The van der Waals surface area contributed by atoms with Crippen molar-refractivity contribution >= 4 is 12.2 Å². The zero-order chi connectivity index (χ0) is 22.5. The van der Waals surface area contributed by atoms with Crippen LogP contribution in [0, 0.1) is 0 Å². The van der Waals surface area contributed by atoms with Gasteiger partial charge >= 0.3 is 0 Å². The van der Waals surface area contributed by atoms with Crippen LogP contribution in [0.2, 0.25) is 0 Å². The number of hydrogen-bond donors (Lipinski definition) is 0. The number of pyridine rings is 1. The molecule has 1 heterocycles. The van der Waals surface area contributed by atoms with Crippen LogP contribution in [0.1, 0.15) is 121 Å². The highest BCUT2D eigenvalue weighted by molar-refractivity contribution is 5.68. The molecule has 1 aromatic heterocycles. The molecule has 0 amide bonds. The van der Waals surface area contributed by atoms with Gasteiger partial charge < -0.3 is 0 Å². The van der Waals surface area contributed by atoms with Crippen molar-refractivity contribution < 1.29 is 4.57 Å². The monoisotopic (exact) mass is 434 g/mol. The van der Waals surface area contributed by atoms with E-state index in [2.05, 4.69) is 78.5 Å². The van der Waals surface area contributed by atoms with Crippen molar-refractivity contribution in [1.82, 2.24) is 0 Å². The Morgan fingerprint density at radius 3 is 1.38 bits per heavy atom. The fourth-order valence-corrected chi connectivity index (χ4v) is 4.33. The van der Waals surface area contributed by atoms with Crippen molar-refractivity contribution in [1.29, 1.82) is 0 Å². The van der Waals surface area contributed by atoms with Crippen molar-refractivity contribution in [2.75, 3.05) is 0 Å². The van der Waals surface area contributed by atoms with Crippen LogP contribution in [0.15, 0.2) is 54.9 Å². The normalized spacial score (nSPS) is 11.4. The minimum atomic E-state index is 1.14. The molecule has 0 aliphatic heterocycles. The molecular formula is C31H48N+. The lowest BCUT2D eigenvalue weighted by Crippen LogP contribution is -2.32. The third-order valence-corrected chi connectivity index (χ3v) is 6.45. The van der Waals surface area contributed by atoms with Crippen LogP contribution in [0.3, 0.4) is 0 Å². The Morgan fingerprint density at radius 2 is 0.906 bits per heavy atom. The molecule has 0 bridgehead atoms. The number of unbranched alkanes of at least 4 members (excludes halogenated alkanes) is 15. The number of aryl methyl sites for hydroxylation is 1. The summed E-state index contributed by atoms with van der Waals surface area (Å²) in [6.45, 7) is 3.44. The summed E-state index contributed by atoms with van der Waals surface area (Å²) in [7, 11) is 0. The zero-order valence-corrected chi connectivity index (χ0v) is 20.8. The van der Waals surface area contributed by atoms with E-state index in [0.29, 0.717) is 0 Å². The summed E-state index contributed by atoms with van der Waals surface area (Å²) in [5.74, 6) is 0. The molecule has 0 N–H and O–H groups in total. The summed E-state index contributed by atoms with van der Waals surface area (Å²) in [4.78, 5) is 0. The number of hydrogen-bond acceptors (Lipinski definition) is 0. The predicted molar refractivity (Wildman–Crippen MR) is 142 cm³/mol. The molecule has 0 radical (unpaired) electrons. The average molecular weight is 435 g/mol. The van der Waals surface area contributed by atoms with Crippen LogP contribution in [0.4, 0.5) is 0 Å². The first-order chi connectivity index (χ1) is 15.9. The Hall–Kier alpha value is -1.89. The molecule has 0 fully saturated rings. The van der Waals surface area contributed by atoms with Crippen LogP contribution < -0.4 is 4.57 Å². The van der Waals surface area contributed by atoms with Crippen molar-refractivity contribution in [3.8, 4) is 0 Å². The number of benzene rings is 1. The van der Waals surface area contributed by atoms with E-state index in [0.717, 1.165) is 6.54 Å². The lowest BCUT2D eigenvalue weighted by Gasteiger charge is -2.03. The lowest BCUT2D eigenvalue weighted by atomic mass is 10.0. The Labute approximate surface area is 199 Å². The van der Waals surface area contributed by atoms with Crippen LogP contribution in [0.5, 0.6) is 0 Å². The third-order valence-electron chi connectivity index (χ3n) is 6.45. The van der Waals surface area contributed by atoms with Gasteiger partial charge in [-0.15, -0.1) is 0 Å². The molecule has 0 saturated heterocycles. The number of nitrogens with zero attached hydrogens (tertiary/aromatic N) is 1. The Kier molecular flexibility index (Phi) is 15.4. The molecule has 0 saturated carbocycles. The molecule has 1 aromatic carbocycles. The zero-order valence-electron chi connectivity index (χ0n) is 20.8. The molecule has 1 heteroatoms. The smallest absolute Gasteiger partial charge is 0.169 e. The summed E-state index contributed by atoms with van der Waals surface area (Å²) >= 11 is 0. The van der Waals surface area contributed by atoms with E-state index in [1.807, 2.05) is 0 Å². The van der Waals surface area contributed by atoms with Gasteiger partial charge in [0.15, 0.2) is 12.4 Å². The van der Waals surface area contributed by atoms with Crippen LogP contribution in [0.25, 0.3) is 12.2 Å². The lowest BCUT2D eigenvalue weighted by molar-refractivity contribution is -0.697. The molecular weight excluding hydrogens is 386 g/mol. The largest absolute Gasteiger partial charge is 0.205 e. The molecule has 0 unspecified atom stereocenters. The van der Waals surface area contributed by atoms with Crippen molar-refractivity contribution in [2.45, 2.75) is 116 Å².